The van der Waals surface area contributed by atoms with E-state index in [1.807, 2.05) is 0 Å². The molecule has 17 heteroatoms. The van der Waals surface area contributed by atoms with Crippen LogP contribution in [0.5, 0.6) is 0 Å². The van der Waals surface area contributed by atoms with Gasteiger partial charge < -0.3 is 37.9 Å². The molecule has 5 aliphatic rings. The van der Waals surface area contributed by atoms with Gasteiger partial charge in [0.05, 0.1) is 35.3 Å². The fraction of sp³-hybridized carbons (Fsp3) is 0.698. The Morgan fingerprint density at radius 2 is 1.45 bits per heavy atom. The lowest BCUT2D eigenvalue weighted by Crippen LogP contribution is -2.75. The van der Waals surface area contributed by atoms with Crippen molar-refractivity contribution in [1.29, 1.82) is 0 Å². The molecule has 4 aliphatic carbocycles. The van der Waals surface area contributed by atoms with Crippen molar-refractivity contribution in [3.05, 3.63) is 30.1 Å². The van der Waals surface area contributed by atoms with Crippen molar-refractivity contribution in [2.24, 2.45) is 40.9 Å². The number of ether oxygens (including phenoxy) is 8. The zero-order valence-corrected chi connectivity index (χ0v) is 35.9. The Bertz CT molecular complexity index is 1970. The molecule has 1 unspecified atom stereocenters. The number of Topliss-reactive ketones (excluding diaryl/α,β-unsaturated/α-hetero) is 1. The van der Waals surface area contributed by atoms with E-state index < -0.39 is 148 Å². The first-order chi connectivity index (χ1) is 27.9. The highest BCUT2D eigenvalue weighted by atomic mass is 16.6. The van der Waals surface area contributed by atoms with Crippen molar-refractivity contribution in [3.8, 4) is 0 Å². The molecule has 6 rings (SSSR count). The number of pyridine rings is 1. The molecule has 5 fully saturated rings. The number of hydrogen-bond donors (Lipinski definition) is 0. The van der Waals surface area contributed by atoms with Gasteiger partial charge in [0, 0.05) is 64.3 Å². The molecule has 2 bridgehead atoms. The summed E-state index contributed by atoms with van der Waals surface area (Å²) in [5.41, 5.74) is -9.46. The monoisotopic (exact) mass is 841 g/mol. The molecule has 1 aliphatic heterocycles. The molecule has 1 aromatic rings. The maximum Gasteiger partial charge on any atom is 0.340 e. The zero-order valence-electron chi connectivity index (χ0n) is 35.9. The highest BCUT2D eigenvalue weighted by Crippen LogP contribution is 2.73. The van der Waals surface area contributed by atoms with Gasteiger partial charge in [0.25, 0.3) is 0 Å². The van der Waals surface area contributed by atoms with Gasteiger partial charge in [-0.2, -0.15) is 0 Å². The number of aromatic nitrogens is 1. The van der Waals surface area contributed by atoms with Crippen LogP contribution in [-0.2, 0) is 71.5 Å². The van der Waals surface area contributed by atoms with Gasteiger partial charge in [-0.3, -0.25) is 38.5 Å². The molecule has 328 valence electrons. The summed E-state index contributed by atoms with van der Waals surface area (Å²) in [6, 6.07) is 2.95. The Balaban J connectivity index is 1.71. The Kier molecular flexibility index (Phi) is 11.5. The molecule has 2 heterocycles. The third kappa shape index (κ3) is 6.93. The number of esters is 7. The zero-order chi connectivity index (χ0) is 44.5. The van der Waals surface area contributed by atoms with E-state index in [1.54, 1.807) is 41.5 Å². The molecule has 0 spiro atoms. The minimum atomic E-state index is -2.25. The second-order valence-electron chi connectivity index (χ2n) is 18.0. The highest BCUT2D eigenvalue weighted by molar-refractivity contribution is 5.95. The van der Waals surface area contributed by atoms with Crippen LogP contribution in [0.1, 0.15) is 106 Å². The van der Waals surface area contributed by atoms with Gasteiger partial charge in [0.1, 0.15) is 17.3 Å². The number of rotatable bonds is 11. The molecular formula is C43H55NO16. The number of ketones is 1. The summed E-state index contributed by atoms with van der Waals surface area (Å²) >= 11 is 0. The van der Waals surface area contributed by atoms with E-state index in [9.17, 15) is 33.6 Å². The molecule has 4 saturated carbocycles. The fourth-order valence-electron chi connectivity index (χ4n) is 11.2. The first kappa shape index (κ1) is 44.6. The summed E-state index contributed by atoms with van der Waals surface area (Å²) in [6.45, 7) is 15.3. The molecule has 0 radical (unpaired) electrons. The summed E-state index contributed by atoms with van der Waals surface area (Å²) < 4.78 is 50.4. The third-order valence-corrected chi connectivity index (χ3v) is 13.5. The lowest BCUT2D eigenvalue weighted by molar-refractivity contribution is -0.262. The van der Waals surface area contributed by atoms with Gasteiger partial charge >= 0.3 is 41.8 Å². The van der Waals surface area contributed by atoms with Crippen molar-refractivity contribution in [2.75, 3.05) is 6.61 Å². The van der Waals surface area contributed by atoms with E-state index in [2.05, 4.69) is 4.98 Å². The van der Waals surface area contributed by atoms with Gasteiger partial charge in [0.15, 0.2) is 35.3 Å². The van der Waals surface area contributed by atoms with Crippen LogP contribution in [0, 0.1) is 40.9 Å². The largest absolute Gasteiger partial charge is 0.461 e. The van der Waals surface area contributed by atoms with Gasteiger partial charge in [-0.25, -0.2) is 4.79 Å². The SMILES string of the molecule is CCC(C)C(=O)O[C@H]1C(=O)[C@@]23CO[C@@](C)([C@H](OC(C)=O)[C@@]4(OC(C)=O)C[C@](C)(OC(=O)c5cccnc5)[C@H](OC(=O)C(C)C)[C@@H]4[C@H]2OC(C)=O)[C@@H]3[C@@H]2[C@H]1C[C@]2(C)OC(C)=O. The lowest BCUT2D eigenvalue weighted by Gasteiger charge is -2.64. The van der Waals surface area contributed by atoms with Gasteiger partial charge in [0.2, 0.25) is 0 Å². The number of fused-ring (bicyclic) bond motifs is 2. The highest BCUT2D eigenvalue weighted by Gasteiger charge is 2.88. The number of carbonyl (C=O) groups is 8. The minimum Gasteiger partial charge on any atom is -0.461 e. The number of nitrogens with zero attached hydrogens (tertiary/aromatic N) is 1. The van der Waals surface area contributed by atoms with Crippen molar-refractivity contribution < 1.29 is 76.3 Å². The molecule has 17 nitrogen and oxygen atoms in total. The Hall–Kier alpha value is -4.93. The second kappa shape index (κ2) is 15.5. The average Bonchev–Trinajstić information content (AvgIpc) is 3.56. The molecule has 0 N–H and O–H groups in total. The van der Waals surface area contributed by atoms with E-state index in [-0.39, 0.29) is 12.0 Å². The summed E-state index contributed by atoms with van der Waals surface area (Å²) in [7, 11) is 0. The molecule has 0 aromatic carbocycles. The van der Waals surface area contributed by atoms with Crippen LogP contribution in [-0.4, -0.2) is 106 Å². The predicted octanol–water partition coefficient (Wildman–Crippen LogP) is 3.65. The predicted molar refractivity (Wildman–Crippen MR) is 203 cm³/mol. The summed E-state index contributed by atoms with van der Waals surface area (Å²) in [4.78, 5) is 115. The Labute approximate surface area is 348 Å². The van der Waals surface area contributed by atoms with Crippen LogP contribution in [0.3, 0.4) is 0 Å². The number of carbonyl (C=O) groups excluding carboxylic acids is 8. The Morgan fingerprint density at radius 3 is 2.00 bits per heavy atom. The van der Waals surface area contributed by atoms with Crippen molar-refractivity contribution in [3.63, 3.8) is 0 Å². The van der Waals surface area contributed by atoms with Gasteiger partial charge in [-0.15, -0.1) is 0 Å². The van der Waals surface area contributed by atoms with Crippen molar-refractivity contribution in [2.45, 2.75) is 142 Å². The van der Waals surface area contributed by atoms with Gasteiger partial charge in [-0.1, -0.05) is 27.7 Å². The smallest absolute Gasteiger partial charge is 0.340 e. The van der Waals surface area contributed by atoms with Gasteiger partial charge in [-0.05, 0) is 45.7 Å². The van der Waals surface area contributed by atoms with Crippen LogP contribution < -0.4 is 0 Å². The quantitative estimate of drug-likeness (QED) is 0.229. The normalized spacial score (nSPS) is 39.0. The molecular weight excluding hydrogens is 786 g/mol. The maximum absolute atomic E-state index is 15.8. The summed E-state index contributed by atoms with van der Waals surface area (Å²) in [6.07, 6.45) is -4.02. The Morgan fingerprint density at radius 1 is 0.800 bits per heavy atom. The topological polar surface area (TPSA) is 223 Å². The molecule has 60 heavy (non-hydrogen) atoms. The summed E-state index contributed by atoms with van der Waals surface area (Å²) in [5, 5.41) is 0. The van der Waals surface area contributed by atoms with Crippen LogP contribution in [0.15, 0.2) is 24.5 Å². The first-order valence-electron chi connectivity index (χ1n) is 20.4. The lowest BCUT2D eigenvalue weighted by atomic mass is 9.42. The van der Waals surface area contributed by atoms with Crippen molar-refractivity contribution in [1.82, 2.24) is 4.98 Å². The average molecular weight is 842 g/mol. The maximum atomic E-state index is 15.8. The van der Waals surface area contributed by atoms with E-state index in [0.717, 1.165) is 20.8 Å². The molecule has 14 atom stereocenters. The first-order valence-corrected chi connectivity index (χ1v) is 20.4. The molecule has 1 aromatic heterocycles. The standard InChI is InChI=1S/C43H55NO16/c1-12-21(4)36(51)56-30-27-16-39(9,58-24(7)47)28(27)31-41(11)38(55-23(6)46)43(59-25(8)48)18-40(10,60-37(52)26-14-13-15-44-17-26)33(57-35(50)20(2)3)29(43)34(54-22(5)45)42(31,19-53-41)32(30)49/h13-15,17,20-21,27-31,33-34,38H,12,16,18-19H2,1-11H3/t21?,27-,28+,29-,30-,31+,33-,34-,38+,39+,40+,41-,42+,43-/m1/s1. The molecule has 0 amide bonds. The van der Waals surface area contributed by atoms with E-state index in [1.165, 1.54) is 38.4 Å². The molecule has 1 saturated heterocycles. The number of hydrogen-bond acceptors (Lipinski definition) is 17. The van der Waals surface area contributed by atoms with E-state index in [4.69, 9.17) is 37.9 Å². The third-order valence-electron chi connectivity index (χ3n) is 13.5. The fourth-order valence-corrected chi connectivity index (χ4v) is 11.2. The minimum absolute atomic E-state index is 0.0117. The van der Waals surface area contributed by atoms with E-state index >= 15 is 4.79 Å². The van der Waals surface area contributed by atoms with Crippen LogP contribution in [0.4, 0.5) is 0 Å². The van der Waals surface area contributed by atoms with Crippen LogP contribution in [0.2, 0.25) is 0 Å². The van der Waals surface area contributed by atoms with E-state index in [0.29, 0.717) is 6.42 Å². The van der Waals surface area contributed by atoms with Crippen molar-refractivity contribution >= 4 is 47.6 Å². The summed E-state index contributed by atoms with van der Waals surface area (Å²) in [5.74, 6) is -12.3. The second-order valence-corrected chi connectivity index (χ2v) is 18.0. The van der Waals surface area contributed by atoms with Crippen LogP contribution in [0.25, 0.3) is 0 Å². The van der Waals surface area contributed by atoms with Crippen LogP contribution >= 0.6 is 0 Å².